The molecule has 500 valence electrons. The number of hydrogen-bond donors (Lipinski definition) is 15. The molecule has 3 aromatic rings. The van der Waals surface area contributed by atoms with Crippen LogP contribution in [-0.2, 0) is 76.8 Å². The highest BCUT2D eigenvalue weighted by atomic mass is 32.2. The molecule has 0 heterocycles. The van der Waals surface area contributed by atoms with Gasteiger partial charge in [0.2, 0.25) is 65.0 Å². The number of unbranched alkanes of at least 4 members (excludes halogenated alkanes) is 1. The first-order valence-electron chi connectivity index (χ1n) is 30.3. The number of carbonyl (C=O) groups is 12. The van der Waals surface area contributed by atoms with Crippen LogP contribution in [-0.4, -0.2) is 159 Å². The summed E-state index contributed by atoms with van der Waals surface area (Å²) in [7, 11) is 0. The van der Waals surface area contributed by atoms with Gasteiger partial charge in [0, 0.05) is 12.8 Å². The minimum absolute atomic E-state index is 0.00996. The zero-order chi connectivity index (χ0) is 68.1. The van der Waals surface area contributed by atoms with Crippen molar-refractivity contribution in [3.05, 3.63) is 95.6 Å². The van der Waals surface area contributed by atoms with Crippen LogP contribution in [0.25, 0.3) is 0 Å². The third-order valence-corrected chi connectivity index (χ3v) is 15.5. The van der Waals surface area contributed by atoms with Gasteiger partial charge in [-0.05, 0) is 96.4 Å². The second-order valence-electron chi connectivity index (χ2n) is 23.3. The van der Waals surface area contributed by atoms with E-state index < -0.39 is 156 Å². The first-order chi connectivity index (χ1) is 43.0. The molecule has 91 heavy (non-hydrogen) atoms. The van der Waals surface area contributed by atoms with Crippen molar-refractivity contribution in [1.82, 2.24) is 47.9 Å². The molecule has 0 fully saturated rings. The number of carboxylic acids is 1. The van der Waals surface area contributed by atoms with Gasteiger partial charge in [0.1, 0.15) is 65.9 Å². The molecule has 0 saturated carbocycles. The Morgan fingerprint density at radius 3 is 1.36 bits per heavy atom. The Kier molecular flexibility index (Phi) is 32.5. The van der Waals surface area contributed by atoms with Gasteiger partial charge in [0.25, 0.3) is 0 Å². The number of phenolic OH excluding ortho intramolecular Hbond substituents is 2. The molecule has 0 aliphatic rings. The smallest absolute Gasteiger partial charge is 0.305 e. The molecule has 0 aromatic heterocycles. The van der Waals surface area contributed by atoms with Crippen molar-refractivity contribution in [2.75, 3.05) is 12.0 Å². The van der Waals surface area contributed by atoms with Crippen LogP contribution in [0.4, 0.5) is 0 Å². The maximum atomic E-state index is 14.6. The number of rotatable bonds is 40. The number of aromatic hydroxyl groups is 2. The van der Waals surface area contributed by atoms with Crippen molar-refractivity contribution in [3.8, 4) is 11.5 Å². The lowest BCUT2D eigenvalue weighted by molar-refractivity contribution is -0.142. The molecule has 3 rings (SSSR count). The average Bonchev–Trinajstić information content (AvgIpc) is 1.12. The third-order valence-electron chi connectivity index (χ3n) is 14.8. The van der Waals surface area contributed by atoms with Crippen molar-refractivity contribution in [2.45, 2.75) is 180 Å². The van der Waals surface area contributed by atoms with Crippen molar-refractivity contribution < 1.29 is 72.9 Å². The van der Waals surface area contributed by atoms with Crippen LogP contribution < -0.4 is 65.1 Å². The standard InChI is InChI=1S/C63H92N12O15S/c1-9-11-17-44(56(83)74-52(35(5)6)62(89)72-47(31-39-20-24-41(77)25-21-39)58(85)67-43(54(66)81)26-27-91-8)68-59(86)46(30-38-18-22-40(76)23-19-38)70-60(87)48(32-50(65)78)71-57(84)45(28-34(3)4)69-61(88)49(33-51(79)80)73-63(90)53(36(7)10-2)75-55(82)42(64)29-37-15-13-12-14-16-37/h12-16,18-25,34-36,42-49,52-53,76-77H,9-11,17,26-33,64H2,1-8H3,(H2,65,78)(H2,66,81)(H,67,85)(H,68,86)(H,69,88)(H,70,87)(H,71,84)(H,72,89)(H,73,90)(H,74,83)(H,75,82)(H,79,80)/t36-,42-,43-,44-,45-,46-,47-,48-,49-,52-,53-/m0/s1. The molecule has 0 spiro atoms. The minimum atomic E-state index is -1.84. The summed E-state index contributed by atoms with van der Waals surface area (Å²) in [5, 5.41) is 53.0. The Bertz CT molecular complexity index is 2940. The Labute approximate surface area is 534 Å². The first kappa shape index (κ1) is 76.5. The van der Waals surface area contributed by atoms with E-state index in [-0.39, 0.29) is 55.9 Å². The molecule has 0 saturated heterocycles. The zero-order valence-corrected chi connectivity index (χ0v) is 53.7. The van der Waals surface area contributed by atoms with Gasteiger partial charge in [-0.15, -0.1) is 0 Å². The van der Waals surface area contributed by atoms with E-state index in [0.29, 0.717) is 36.1 Å². The normalized spacial score (nSPS) is 14.8. The summed E-state index contributed by atoms with van der Waals surface area (Å²) in [5.41, 5.74) is 19.1. The molecular formula is C63H92N12O15S. The van der Waals surface area contributed by atoms with E-state index in [1.54, 1.807) is 71.9 Å². The molecule has 0 aliphatic heterocycles. The van der Waals surface area contributed by atoms with Crippen LogP contribution in [0.2, 0.25) is 0 Å². The van der Waals surface area contributed by atoms with Crippen molar-refractivity contribution in [2.24, 2.45) is 35.0 Å². The molecule has 27 nitrogen and oxygen atoms in total. The number of nitrogens with one attached hydrogen (secondary N) is 9. The minimum Gasteiger partial charge on any atom is -0.508 e. The lowest BCUT2D eigenvalue weighted by atomic mass is 9.96. The molecule has 0 aliphatic carbocycles. The second kappa shape index (κ2) is 38.7. The molecule has 0 radical (unpaired) electrons. The quantitative estimate of drug-likeness (QED) is 0.0365. The number of benzene rings is 3. The fourth-order valence-corrected chi connectivity index (χ4v) is 9.92. The van der Waals surface area contributed by atoms with Crippen LogP contribution >= 0.6 is 11.8 Å². The lowest BCUT2D eigenvalue weighted by Crippen LogP contribution is -2.62. The van der Waals surface area contributed by atoms with E-state index >= 15 is 0 Å². The van der Waals surface area contributed by atoms with Crippen LogP contribution in [0.15, 0.2) is 78.9 Å². The molecule has 0 unspecified atom stereocenters. The van der Waals surface area contributed by atoms with Crippen molar-refractivity contribution in [1.29, 1.82) is 0 Å². The third kappa shape index (κ3) is 27.1. The summed E-state index contributed by atoms with van der Waals surface area (Å²) in [4.78, 5) is 164. The van der Waals surface area contributed by atoms with Crippen LogP contribution in [0, 0.1) is 17.8 Å². The van der Waals surface area contributed by atoms with E-state index in [1.165, 1.54) is 60.3 Å². The highest BCUT2D eigenvalue weighted by Crippen LogP contribution is 2.17. The second-order valence-corrected chi connectivity index (χ2v) is 24.3. The highest BCUT2D eigenvalue weighted by molar-refractivity contribution is 7.98. The number of phenols is 2. The fraction of sp³-hybridized carbons (Fsp3) is 0.524. The Morgan fingerprint density at radius 2 is 0.890 bits per heavy atom. The summed E-state index contributed by atoms with van der Waals surface area (Å²) in [6.45, 7) is 11.9. The Balaban J connectivity index is 1.94. The van der Waals surface area contributed by atoms with Gasteiger partial charge < -0.3 is 80.4 Å². The highest BCUT2D eigenvalue weighted by Gasteiger charge is 2.38. The predicted molar refractivity (Wildman–Crippen MR) is 341 cm³/mol. The van der Waals surface area contributed by atoms with Gasteiger partial charge in [0.05, 0.1) is 18.9 Å². The van der Waals surface area contributed by atoms with E-state index in [4.69, 9.17) is 17.2 Å². The Hall–Kier alpha value is -8.79. The average molecular weight is 1290 g/mol. The monoisotopic (exact) mass is 1290 g/mol. The SMILES string of the molecule is CCCC[C@H](NC(=O)[C@H](Cc1ccc(O)cc1)NC(=O)[C@H](CC(N)=O)NC(=O)[C@H](CC(C)C)NC(=O)[C@H](CC(=O)O)NC(=O)[C@@H](NC(=O)[C@@H](N)Cc1ccccc1)[C@@H](C)CC)C(=O)N[C@H](C(=O)N[C@@H](Cc1ccc(O)cc1)C(=O)N[C@@H](CCSC)C(N)=O)C(C)C. The van der Waals surface area contributed by atoms with Crippen LogP contribution in [0.1, 0.15) is 117 Å². The molecule has 0 bridgehead atoms. The van der Waals surface area contributed by atoms with E-state index in [2.05, 4.69) is 47.9 Å². The van der Waals surface area contributed by atoms with Gasteiger partial charge in [0.15, 0.2) is 0 Å². The number of carboxylic acid groups (broad SMARTS) is 1. The fourth-order valence-electron chi connectivity index (χ4n) is 9.45. The molecule has 11 atom stereocenters. The number of nitrogens with two attached hydrogens (primary N) is 3. The van der Waals surface area contributed by atoms with Crippen molar-refractivity contribution in [3.63, 3.8) is 0 Å². The lowest BCUT2D eigenvalue weighted by Gasteiger charge is -2.29. The molecule has 3 aromatic carbocycles. The summed E-state index contributed by atoms with van der Waals surface area (Å²) in [5.74, 6) is -12.9. The maximum Gasteiger partial charge on any atom is 0.305 e. The molecule has 18 N–H and O–H groups in total. The van der Waals surface area contributed by atoms with Crippen LogP contribution in [0.3, 0.4) is 0 Å². The van der Waals surface area contributed by atoms with Gasteiger partial charge in [-0.3, -0.25) is 57.5 Å². The topological polar surface area (TPSA) is 452 Å². The zero-order valence-electron chi connectivity index (χ0n) is 52.9. The van der Waals surface area contributed by atoms with Gasteiger partial charge in [-0.2, -0.15) is 11.8 Å². The molecule has 11 amide bonds. The number of hydrogen-bond acceptors (Lipinski definition) is 16. The molecule has 28 heteroatoms. The van der Waals surface area contributed by atoms with E-state index in [0.717, 1.165) is 5.56 Å². The molecular weight excluding hydrogens is 1200 g/mol. The first-order valence-corrected chi connectivity index (χ1v) is 31.7. The summed E-state index contributed by atoms with van der Waals surface area (Å²) < 4.78 is 0. The van der Waals surface area contributed by atoms with Crippen LogP contribution in [0.5, 0.6) is 11.5 Å². The largest absolute Gasteiger partial charge is 0.508 e. The van der Waals surface area contributed by atoms with Gasteiger partial charge in [-0.1, -0.05) is 122 Å². The summed E-state index contributed by atoms with van der Waals surface area (Å²) >= 11 is 1.42. The summed E-state index contributed by atoms with van der Waals surface area (Å²) in [6, 6.07) is 6.01. The number of aliphatic carboxylic acids is 1. The van der Waals surface area contributed by atoms with E-state index in [9.17, 15) is 72.9 Å². The number of amides is 11. The Morgan fingerprint density at radius 1 is 0.473 bits per heavy atom. The summed E-state index contributed by atoms with van der Waals surface area (Å²) in [6.07, 6.45) is 1.02. The van der Waals surface area contributed by atoms with Gasteiger partial charge in [-0.25, -0.2) is 0 Å². The van der Waals surface area contributed by atoms with E-state index in [1.807, 2.05) is 13.2 Å². The maximum absolute atomic E-state index is 14.6. The number of carbonyl (C=O) groups excluding carboxylic acids is 11. The number of thioether (sulfide) groups is 1. The number of primary amides is 2. The predicted octanol–water partition coefficient (Wildman–Crippen LogP) is 0.343. The van der Waals surface area contributed by atoms with Crippen molar-refractivity contribution >= 4 is 82.7 Å². The van der Waals surface area contributed by atoms with Gasteiger partial charge >= 0.3 is 5.97 Å².